The summed E-state index contributed by atoms with van der Waals surface area (Å²) >= 11 is 0. The van der Waals surface area contributed by atoms with Crippen LogP contribution in [0.3, 0.4) is 0 Å². The Morgan fingerprint density at radius 3 is 2.79 bits per heavy atom. The minimum Gasteiger partial charge on any atom is -0.384 e. The first kappa shape index (κ1) is 13.3. The zero-order valence-electron chi connectivity index (χ0n) is 11.3. The summed E-state index contributed by atoms with van der Waals surface area (Å²) in [5.41, 5.74) is 8.46. The summed E-state index contributed by atoms with van der Waals surface area (Å²) in [5, 5.41) is 11.8. The van der Waals surface area contributed by atoms with Crippen LogP contribution >= 0.6 is 0 Å². The molecule has 0 fully saturated rings. The van der Waals surface area contributed by atoms with Gasteiger partial charge in [0.2, 0.25) is 0 Å². The Kier molecular flexibility index (Phi) is 3.97. The molecule has 3 N–H and O–H groups in total. The molecule has 1 aromatic heterocycles. The summed E-state index contributed by atoms with van der Waals surface area (Å²) in [4.78, 5) is 2.18. The summed E-state index contributed by atoms with van der Waals surface area (Å²) in [5.74, 6) is 0.106. The molecule has 0 spiro atoms. The number of aromatic nitrogens is 2. The second kappa shape index (κ2) is 5.67. The smallest absolute Gasteiger partial charge is 0.122 e. The van der Waals surface area contributed by atoms with E-state index in [9.17, 15) is 0 Å². The highest BCUT2D eigenvalue weighted by Crippen LogP contribution is 2.09. The summed E-state index contributed by atoms with van der Waals surface area (Å²) in [6.45, 7) is 1.60. The van der Waals surface area contributed by atoms with Crippen LogP contribution in [0.25, 0.3) is 0 Å². The van der Waals surface area contributed by atoms with Gasteiger partial charge in [0.25, 0.3) is 0 Å². The Bertz CT molecular complexity index is 573. The minimum atomic E-state index is 0.106. The van der Waals surface area contributed by atoms with Gasteiger partial charge in [-0.25, -0.2) is 0 Å². The van der Waals surface area contributed by atoms with Gasteiger partial charge in [-0.1, -0.05) is 18.2 Å². The van der Waals surface area contributed by atoms with Crippen LogP contribution in [0, 0.1) is 5.41 Å². The molecule has 19 heavy (non-hydrogen) atoms. The highest BCUT2D eigenvalue weighted by Gasteiger charge is 2.05. The van der Waals surface area contributed by atoms with Gasteiger partial charge in [0.1, 0.15) is 5.84 Å². The average Bonchev–Trinajstić information content (AvgIpc) is 2.74. The molecule has 5 nitrogen and oxygen atoms in total. The second-order valence-corrected chi connectivity index (χ2v) is 4.77. The number of hydrogen-bond donors (Lipinski definition) is 2. The van der Waals surface area contributed by atoms with Crippen molar-refractivity contribution in [1.29, 1.82) is 5.41 Å². The topological polar surface area (TPSA) is 70.9 Å². The van der Waals surface area contributed by atoms with E-state index in [-0.39, 0.29) is 5.84 Å². The molecule has 0 amide bonds. The fraction of sp³-hybridized carbons (Fsp3) is 0.286. The molecular formula is C14H19N5. The Balaban J connectivity index is 2.00. The Hall–Kier alpha value is -2.14. The fourth-order valence-electron chi connectivity index (χ4n) is 2.03. The lowest BCUT2D eigenvalue weighted by atomic mass is 10.1. The van der Waals surface area contributed by atoms with Crippen molar-refractivity contribution in [3.8, 4) is 0 Å². The predicted octanol–water partition coefficient (Wildman–Crippen LogP) is 1.34. The normalized spacial score (nSPS) is 10.9. The van der Waals surface area contributed by atoms with Gasteiger partial charge >= 0.3 is 0 Å². The monoisotopic (exact) mass is 257 g/mol. The van der Waals surface area contributed by atoms with Crippen LogP contribution < -0.4 is 5.73 Å². The fourth-order valence-corrected chi connectivity index (χ4v) is 2.03. The first-order valence-electron chi connectivity index (χ1n) is 6.15. The van der Waals surface area contributed by atoms with Crippen LogP contribution in [-0.4, -0.2) is 27.6 Å². The van der Waals surface area contributed by atoms with Crippen molar-refractivity contribution >= 4 is 5.84 Å². The van der Waals surface area contributed by atoms with Gasteiger partial charge < -0.3 is 5.73 Å². The molecule has 0 aliphatic heterocycles. The van der Waals surface area contributed by atoms with Gasteiger partial charge in [-0.15, -0.1) is 0 Å². The van der Waals surface area contributed by atoms with E-state index in [1.807, 2.05) is 43.6 Å². The molecule has 2 rings (SSSR count). The van der Waals surface area contributed by atoms with Crippen LogP contribution in [0.1, 0.15) is 16.8 Å². The molecule has 100 valence electrons. The van der Waals surface area contributed by atoms with Crippen molar-refractivity contribution in [1.82, 2.24) is 14.7 Å². The zero-order chi connectivity index (χ0) is 13.8. The molecule has 0 unspecified atom stereocenters. The highest BCUT2D eigenvalue weighted by atomic mass is 15.3. The zero-order valence-corrected chi connectivity index (χ0v) is 11.3. The molecule has 1 heterocycles. The van der Waals surface area contributed by atoms with E-state index in [1.165, 1.54) is 0 Å². The lowest BCUT2D eigenvalue weighted by Gasteiger charge is -2.15. The van der Waals surface area contributed by atoms with Crippen molar-refractivity contribution in [2.24, 2.45) is 12.8 Å². The molecule has 0 saturated carbocycles. The summed E-state index contributed by atoms with van der Waals surface area (Å²) in [6.07, 6.45) is 1.94. The average molecular weight is 257 g/mol. The largest absolute Gasteiger partial charge is 0.384 e. The lowest BCUT2D eigenvalue weighted by Crippen LogP contribution is -2.18. The van der Waals surface area contributed by atoms with Crippen LogP contribution in [0.15, 0.2) is 36.5 Å². The second-order valence-electron chi connectivity index (χ2n) is 4.77. The third kappa shape index (κ3) is 3.66. The van der Waals surface area contributed by atoms with E-state index in [0.717, 1.165) is 29.9 Å². The van der Waals surface area contributed by atoms with E-state index in [1.54, 1.807) is 4.68 Å². The van der Waals surface area contributed by atoms with E-state index < -0.39 is 0 Å². The molecule has 1 aromatic carbocycles. The van der Waals surface area contributed by atoms with E-state index in [4.69, 9.17) is 11.1 Å². The van der Waals surface area contributed by atoms with Crippen LogP contribution in [0.2, 0.25) is 0 Å². The molecule has 2 aromatic rings. The van der Waals surface area contributed by atoms with Crippen molar-refractivity contribution in [2.45, 2.75) is 13.1 Å². The molecule has 5 heteroatoms. The van der Waals surface area contributed by atoms with Gasteiger partial charge in [0.15, 0.2) is 0 Å². The summed E-state index contributed by atoms with van der Waals surface area (Å²) < 4.78 is 1.81. The number of nitrogens with zero attached hydrogens (tertiary/aromatic N) is 3. The predicted molar refractivity (Wildman–Crippen MR) is 75.8 cm³/mol. The first-order valence-corrected chi connectivity index (χ1v) is 6.15. The Labute approximate surface area is 113 Å². The number of benzene rings is 1. The van der Waals surface area contributed by atoms with Crippen molar-refractivity contribution < 1.29 is 0 Å². The molecule has 0 saturated heterocycles. The van der Waals surface area contributed by atoms with E-state index in [0.29, 0.717) is 0 Å². The van der Waals surface area contributed by atoms with Gasteiger partial charge in [0, 0.05) is 31.9 Å². The Morgan fingerprint density at radius 1 is 1.37 bits per heavy atom. The maximum Gasteiger partial charge on any atom is 0.122 e. The number of nitrogens with one attached hydrogen (secondary N) is 1. The van der Waals surface area contributed by atoms with Crippen LogP contribution in [-0.2, 0) is 20.1 Å². The van der Waals surface area contributed by atoms with Gasteiger partial charge in [-0.2, -0.15) is 5.10 Å². The Morgan fingerprint density at radius 2 is 2.16 bits per heavy atom. The summed E-state index contributed by atoms with van der Waals surface area (Å²) in [7, 11) is 3.97. The molecule has 0 atom stereocenters. The van der Waals surface area contributed by atoms with Crippen LogP contribution in [0.4, 0.5) is 0 Å². The quantitative estimate of drug-likeness (QED) is 0.627. The number of hydrogen-bond acceptors (Lipinski definition) is 3. The van der Waals surface area contributed by atoms with Gasteiger partial charge in [0.05, 0.1) is 5.69 Å². The maximum absolute atomic E-state index is 7.45. The molecule has 0 radical (unpaired) electrons. The number of rotatable bonds is 5. The number of amidine groups is 1. The standard InChI is InChI=1S/C14H19N5/c1-18(10-13-6-7-19(2)17-13)9-11-4-3-5-12(8-11)14(15)16/h3-8H,9-10H2,1-2H3,(H3,15,16). The number of nitrogen functional groups attached to an aromatic ring is 1. The van der Waals surface area contributed by atoms with Crippen molar-refractivity contribution in [3.05, 3.63) is 53.3 Å². The number of aryl methyl sites for hydroxylation is 1. The van der Waals surface area contributed by atoms with E-state index >= 15 is 0 Å². The third-order valence-electron chi connectivity index (χ3n) is 2.89. The van der Waals surface area contributed by atoms with Gasteiger partial charge in [-0.05, 0) is 24.7 Å². The SMILES string of the molecule is CN(Cc1cccc(C(=N)N)c1)Cc1ccn(C)n1. The molecular weight excluding hydrogens is 238 g/mol. The minimum absolute atomic E-state index is 0.106. The van der Waals surface area contributed by atoms with Crippen molar-refractivity contribution in [2.75, 3.05) is 7.05 Å². The highest BCUT2D eigenvalue weighted by molar-refractivity contribution is 5.95. The maximum atomic E-state index is 7.45. The molecule has 0 aliphatic rings. The molecule has 0 bridgehead atoms. The van der Waals surface area contributed by atoms with Crippen LogP contribution in [0.5, 0.6) is 0 Å². The molecule has 0 aliphatic carbocycles. The first-order chi connectivity index (χ1) is 9.04. The lowest BCUT2D eigenvalue weighted by molar-refractivity contribution is 0.314. The summed E-state index contributed by atoms with van der Waals surface area (Å²) in [6, 6.07) is 9.80. The van der Waals surface area contributed by atoms with Crippen molar-refractivity contribution in [3.63, 3.8) is 0 Å². The van der Waals surface area contributed by atoms with Gasteiger partial charge in [-0.3, -0.25) is 15.0 Å². The number of nitrogens with two attached hydrogens (primary N) is 1. The third-order valence-corrected chi connectivity index (χ3v) is 2.89. The van der Waals surface area contributed by atoms with E-state index in [2.05, 4.69) is 17.0 Å².